The van der Waals surface area contributed by atoms with Gasteiger partial charge in [-0.15, -0.1) is 0 Å². The van der Waals surface area contributed by atoms with Crippen LogP contribution in [0.15, 0.2) is 18.2 Å². The Hall–Kier alpha value is -1.36. The van der Waals surface area contributed by atoms with E-state index < -0.39 is 0 Å². The second kappa shape index (κ2) is 3.18. The Balaban J connectivity index is 2.36. The lowest BCUT2D eigenvalue weighted by Gasteiger charge is -2.06. The molecule has 0 atom stereocenters. The molecule has 0 radical (unpaired) electrons. The Labute approximate surface area is 80.4 Å². The molecular formula is C8H9N3OS. The van der Waals surface area contributed by atoms with Crippen LogP contribution in [0.2, 0.25) is 0 Å². The van der Waals surface area contributed by atoms with Gasteiger partial charge in [0.15, 0.2) is 0 Å². The van der Waals surface area contributed by atoms with Crippen molar-refractivity contribution in [1.29, 1.82) is 0 Å². The van der Waals surface area contributed by atoms with E-state index in [1.165, 1.54) is 19.1 Å². The molecule has 1 aliphatic heterocycles. The molecule has 1 amide bonds. The number of amides is 1. The van der Waals surface area contributed by atoms with Crippen LogP contribution in [0.4, 0.5) is 17.1 Å². The Kier molecular flexibility index (Phi) is 2.02. The average Bonchev–Trinajstić information content (AvgIpc) is 2.51. The molecule has 1 aromatic rings. The minimum Gasteiger partial charge on any atom is -0.324 e. The normalized spacial score (nSPS) is 12.7. The highest BCUT2D eigenvalue weighted by Crippen LogP contribution is 2.38. The smallest absolute Gasteiger partial charge is 0.221 e. The van der Waals surface area contributed by atoms with Crippen LogP contribution in [0.5, 0.6) is 0 Å². The van der Waals surface area contributed by atoms with Crippen LogP contribution < -0.4 is 14.8 Å². The number of hydrogen-bond acceptors (Lipinski definition) is 4. The van der Waals surface area contributed by atoms with E-state index in [9.17, 15) is 4.79 Å². The molecule has 0 saturated heterocycles. The number of benzene rings is 1. The zero-order valence-corrected chi connectivity index (χ0v) is 7.87. The number of para-hydroxylation sites is 1. The molecule has 4 nitrogen and oxygen atoms in total. The van der Waals surface area contributed by atoms with E-state index >= 15 is 0 Å². The van der Waals surface area contributed by atoms with Crippen molar-refractivity contribution in [1.82, 2.24) is 0 Å². The highest BCUT2D eigenvalue weighted by Gasteiger charge is 2.14. The van der Waals surface area contributed by atoms with E-state index in [2.05, 4.69) is 14.8 Å². The zero-order valence-electron chi connectivity index (χ0n) is 7.05. The van der Waals surface area contributed by atoms with E-state index in [-0.39, 0.29) is 5.91 Å². The van der Waals surface area contributed by atoms with Crippen molar-refractivity contribution in [3.05, 3.63) is 18.2 Å². The summed E-state index contributed by atoms with van der Waals surface area (Å²) >= 11 is 1.39. The molecule has 13 heavy (non-hydrogen) atoms. The van der Waals surface area contributed by atoms with Gasteiger partial charge in [-0.2, -0.15) is 0 Å². The summed E-state index contributed by atoms with van der Waals surface area (Å²) in [7, 11) is 0. The van der Waals surface area contributed by atoms with E-state index in [4.69, 9.17) is 0 Å². The van der Waals surface area contributed by atoms with Gasteiger partial charge in [0.05, 0.1) is 29.2 Å². The van der Waals surface area contributed by atoms with E-state index in [0.717, 1.165) is 17.1 Å². The van der Waals surface area contributed by atoms with Gasteiger partial charge in [0.25, 0.3) is 0 Å². The number of anilines is 3. The number of carbonyl (C=O) groups is 1. The van der Waals surface area contributed by atoms with Gasteiger partial charge in [0.1, 0.15) is 0 Å². The van der Waals surface area contributed by atoms with Gasteiger partial charge in [-0.3, -0.25) is 4.79 Å². The highest BCUT2D eigenvalue weighted by molar-refractivity contribution is 8.02. The summed E-state index contributed by atoms with van der Waals surface area (Å²) in [6.45, 7) is 1.49. The van der Waals surface area contributed by atoms with Crippen molar-refractivity contribution in [2.75, 3.05) is 14.8 Å². The summed E-state index contributed by atoms with van der Waals surface area (Å²) in [6.07, 6.45) is 0. The fourth-order valence-corrected chi connectivity index (χ4v) is 1.83. The van der Waals surface area contributed by atoms with Gasteiger partial charge in [-0.25, -0.2) is 0 Å². The molecule has 0 saturated carbocycles. The zero-order chi connectivity index (χ0) is 9.26. The van der Waals surface area contributed by atoms with Gasteiger partial charge in [0.2, 0.25) is 5.91 Å². The molecule has 5 heteroatoms. The highest BCUT2D eigenvalue weighted by atomic mass is 32.2. The number of fused-ring (bicyclic) bond motifs is 1. The number of carbonyl (C=O) groups excluding carboxylic acids is 1. The lowest BCUT2D eigenvalue weighted by atomic mass is 10.2. The minimum atomic E-state index is -0.0629. The lowest BCUT2D eigenvalue weighted by Crippen LogP contribution is -2.06. The molecule has 1 heterocycles. The first-order chi connectivity index (χ1) is 6.27. The molecular weight excluding hydrogens is 186 g/mol. The Morgan fingerprint density at radius 1 is 1.46 bits per heavy atom. The molecule has 0 fully saturated rings. The van der Waals surface area contributed by atoms with Gasteiger partial charge in [-0.1, -0.05) is 6.07 Å². The van der Waals surface area contributed by atoms with Crippen molar-refractivity contribution in [2.45, 2.75) is 6.92 Å². The molecule has 0 bridgehead atoms. The topological polar surface area (TPSA) is 53.2 Å². The summed E-state index contributed by atoms with van der Waals surface area (Å²) in [6, 6.07) is 5.71. The largest absolute Gasteiger partial charge is 0.324 e. The van der Waals surface area contributed by atoms with Crippen LogP contribution in [0.25, 0.3) is 0 Å². The van der Waals surface area contributed by atoms with Crippen LogP contribution in [-0.4, -0.2) is 5.91 Å². The van der Waals surface area contributed by atoms with Gasteiger partial charge in [-0.05, 0) is 12.1 Å². The maximum absolute atomic E-state index is 10.8. The van der Waals surface area contributed by atoms with Crippen LogP contribution in [-0.2, 0) is 4.79 Å². The second-order valence-electron chi connectivity index (χ2n) is 2.72. The van der Waals surface area contributed by atoms with Crippen LogP contribution in [0.3, 0.4) is 0 Å². The molecule has 68 valence electrons. The predicted octanol–water partition coefficient (Wildman–Crippen LogP) is 2.05. The van der Waals surface area contributed by atoms with Crippen molar-refractivity contribution >= 4 is 35.1 Å². The summed E-state index contributed by atoms with van der Waals surface area (Å²) in [5.74, 6) is -0.0629. The van der Waals surface area contributed by atoms with Crippen molar-refractivity contribution in [2.24, 2.45) is 0 Å². The first-order valence-corrected chi connectivity index (χ1v) is 4.67. The van der Waals surface area contributed by atoms with E-state index in [1.54, 1.807) is 0 Å². The van der Waals surface area contributed by atoms with Crippen molar-refractivity contribution in [3.8, 4) is 0 Å². The van der Waals surface area contributed by atoms with Crippen LogP contribution in [0.1, 0.15) is 6.92 Å². The average molecular weight is 195 g/mol. The summed E-state index contributed by atoms with van der Waals surface area (Å²) in [5, 5.41) is 2.75. The molecule has 0 spiro atoms. The predicted molar refractivity (Wildman–Crippen MR) is 55.6 cm³/mol. The summed E-state index contributed by atoms with van der Waals surface area (Å²) < 4.78 is 6.13. The van der Waals surface area contributed by atoms with Crippen molar-refractivity contribution in [3.63, 3.8) is 0 Å². The fourth-order valence-electron chi connectivity index (χ4n) is 1.17. The van der Waals surface area contributed by atoms with E-state index in [0.29, 0.717) is 0 Å². The molecule has 0 unspecified atom stereocenters. The second-order valence-corrected chi connectivity index (χ2v) is 3.33. The third kappa shape index (κ3) is 1.55. The third-order valence-corrected chi connectivity index (χ3v) is 2.32. The Morgan fingerprint density at radius 2 is 2.31 bits per heavy atom. The van der Waals surface area contributed by atoms with Gasteiger partial charge in [0, 0.05) is 6.92 Å². The molecule has 1 aromatic carbocycles. The Bertz CT molecular complexity index is 353. The summed E-state index contributed by atoms with van der Waals surface area (Å²) in [5.41, 5.74) is 2.74. The van der Waals surface area contributed by atoms with Crippen LogP contribution >= 0.6 is 12.1 Å². The number of nitrogens with one attached hydrogen (secondary N) is 3. The molecule has 0 aromatic heterocycles. The fraction of sp³-hybridized carbons (Fsp3) is 0.125. The molecule has 3 N–H and O–H groups in total. The molecule has 2 rings (SSSR count). The minimum absolute atomic E-state index is 0.0629. The van der Waals surface area contributed by atoms with E-state index in [1.807, 2.05) is 18.2 Å². The monoisotopic (exact) mass is 195 g/mol. The van der Waals surface area contributed by atoms with Gasteiger partial charge < -0.3 is 14.8 Å². The molecule has 0 aliphatic carbocycles. The third-order valence-electron chi connectivity index (χ3n) is 1.69. The van der Waals surface area contributed by atoms with Gasteiger partial charge >= 0.3 is 0 Å². The SMILES string of the molecule is CC(=O)Nc1cccc2c1NSN2. The molecule has 1 aliphatic rings. The Morgan fingerprint density at radius 3 is 3.08 bits per heavy atom. The first kappa shape index (κ1) is 8.25. The maximum Gasteiger partial charge on any atom is 0.221 e. The standard InChI is InChI=1S/C8H9N3OS/c1-5(12)9-6-3-2-4-7-8(6)11-13-10-7/h2-4,10-11H,1H3,(H,9,12). The summed E-state index contributed by atoms with van der Waals surface area (Å²) in [4.78, 5) is 10.8. The van der Waals surface area contributed by atoms with Crippen molar-refractivity contribution < 1.29 is 4.79 Å². The number of hydrogen-bond donors (Lipinski definition) is 3. The van der Waals surface area contributed by atoms with Crippen LogP contribution in [0, 0.1) is 0 Å². The maximum atomic E-state index is 10.8. The first-order valence-electron chi connectivity index (χ1n) is 3.86. The quantitative estimate of drug-likeness (QED) is 0.600. The lowest BCUT2D eigenvalue weighted by molar-refractivity contribution is -0.114. The number of rotatable bonds is 1.